The minimum atomic E-state index is -1.05. The van der Waals surface area contributed by atoms with Crippen LogP contribution in [0.5, 0.6) is 11.5 Å². The molecule has 4 aromatic rings. The van der Waals surface area contributed by atoms with Gasteiger partial charge in [0.05, 0.1) is 18.7 Å². The van der Waals surface area contributed by atoms with E-state index in [9.17, 15) is 27.9 Å². The highest BCUT2D eigenvalue weighted by Gasteiger charge is 2.15. The van der Waals surface area contributed by atoms with Crippen LogP contribution in [0.15, 0.2) is 60.8 Å². The first-order chi connectivity index (χ1) is 20.2. The van der Waals surface area contributed by atoms with Crippen molar-refractivity contribution in [3.05, 3.63) is 94.9 Å². The number of rotatable bonds is 15. The number of aryl methyl sites for hydroxylation is 1. The number of benzene rings is 3. The van der Waals surface area contributed by atoms with Gasteiger partial charge < -0.3 is 24.3 Å². The lowest BCUT2D eigenvalue weighted by atomic mass is 10.0. The first-order valence-electron chi connectivity index (χ1n) is 13.4. The maximum Gasteiger partial charge on any atom is 0.323 e. The van der Waals surface area contributed by atoms with Crippen molar-refractivity contribution < 1.29 is 42.4 Å². The van der Waals surface area contributed by atoms with Crippen molar-refractivity contribution in [1.29, 1.82) is 0 Å². The summed E-state index contributed by atoms with van der Waals surface area (Å²) in [5.41, 5.74) is 2.56. The van der Waals surface area contributed by atoms with Gasteiger partial charge in [0.25, 0.3) is 0 Å². The van der Waals surface area contributed by atoms with Crippen molar-refractivity contribution >= 4 is 35.0 Å². The molecule has 0 unspecified atom stereocenters. The number of hydrogen-bond acceptors (Lipinski definition) is 4. The largest absolute Gasteiger partial charge is 0.494 e. The van der Waals surface area contributed by atoms with E-state index in [-0.39, 0.29) is 25.3 Å². The van der Waals surface area contributed by atoms with Gasteiger partial charge in [-0.3, -0.25) is 9.59 Å². The molecule has 42 heavy (non-hydrogen) atoms. The van der Waals surface area contributed by atoms with Crippen LogP contribution in [-0.2, 0) is 22.6 Å². The zero-order valence-electron chi connectivity index (χ0n) is 22.7. The molecule has 0 bridgehead atoms. The molecule has 7 nitrogen and oxygen atoms in total. The summed E-state index contributed by atoms with van der Waals surface area (Å²) in [7, 11) is 0. The first kappa shape index (κ1) is 30.2. The third-order valence-electron chi connectivity index (χ3n) is 6.51. The number of aromatic nitrogens is 1. The Bertz CT molecular complexity index is 1580. The van der Waals surface area contributed by atoms with Gasteiger partial charge in [0.1, 0.15) is 18.1 Å². The van der Waals surface area contributed by atoms with Crippen molar-refractivity contribution in [2.24, 2.45) is 0 Å². The molecule has 1 heterocycles. The Morgan fingerprint density at radius 1 is 0.857 bits per heavy atom. The highest BCUT2D eigenvalue weighted by atomic mass is 19.2. The number of unbranched alkanes of at least 4 members (excludes halogenated alkanes) is 1. The molecule has 10 heteroatoms. The Morgan fingerprint density at radius 3 is 2.31 bits per heavy atom. The Kier molecular flexibility index (Phi) is 10.3. The number of carbonyl (C=O) groups is 2. The van der Waals surface area contributed by atoms with Gasteiger partial charge in [0.15, 0.2) is 11.6 Å². The monoisotopic (exact) mass is 581 g/mol. The van der Waals surface area contributed by atoms with Crippen LogP contribution < -0.4 is 9.47 Å². The van der Waals surface area contributed by atoms with E-state index in [0.29, 0.717) is 60.1 Å². The number of carboxylic acid groups (broad SMARTS) is 2. The molecule has 0 radical (unpaired) electrons. The minimum Gasteiger partial charge on any atom is -0.494 e. The van der Waals surface area contributed by atoms with Gasteiger partial charge in [-0.25, -0.2) is 8.78 Å². The SMILES string of the molecule is O=C(O)CCCc1cn(CC(=O)O)c2c(/C=C/c3ccc(OCCCCOc4cccc(F)c4F)cc3)cc(F)cc12. The van der Waals surface area contributed by atoms with E-state index in [1.807, 2.05) is 12.1 Å². The molecule has 4 rings (SSSR count). The average Bonchev–Trinajstić information content (AvgIpc) is 3.28. The topological polar surface area (TPSA) is 98.0 Å². The summed E-state index contributed by atoms with van der Waals surface area (Å²) in [6, 6.07) is 13.7. The first-order valence-corrected chi connectivity index (χ1v) is 13.4. The lowest BCUT2D eigenvalue weighted by molar-refractivity contribution is -0.138. The molecule has 0 saturated carbocycles. The van der Waals surface area contributed by atoms with Crippen LogP contribution >= 0.6 is 0 Å². The maximum absolute atomic E-state index is 14.6. The molecule has 0 aliphatic heterocycles. The fourth-order valence-corrected chi connectivity index (χ4v) is 4.57. The van der Waals surface area contributed by atoms with Crippen LogP contribution in [0.3, 0.4) is 0 Å². The second-order valence-corrected chi connectivity index (χ2v) is 9.67. The number of aliphatic carboxylic acids is 2. The predicted molar refractivity (Wildman–Crippen MR) is 152 cm³/mol. The summed E-state index contributed by atoms with van der Waals surface area (Å²) in [5.74, 6) is -3.90. The molecule has 0 amide bonds. The van der Waals surface area contributed by atoms with Gasteiger partial charge in [0.2, 0.25) is 5.82 Å². The van der Waals surface area contributed by atoms with Crippen molar-refractivity contribution in [3.63, 3.8) is 0 Å². The smallest absolute Gasteiger partial charge is 0.323 e. The molecule has 0 saturated heterocycles. The molecular formula is C32H30F3NO6. The molecule has 1 aromatic heterocycles. The minimum absolute atomic E-state index is 0.0421. The summed E-state index contributed by atoms with van der Waals surface area (Å²) in [5, 5.41) is 18.9. The number of carboxylic acids is 2. The summed E-state index contributed by atoms with van der Waals surface area (Å²) in [4.78, 5) is 22.4. The molecule has 2 N–H and O–H groups in total. The van der Waals surface area contributed by atoms with Gasteiger partial charge in [-0.1, -0.05) is 30.4 Å². The van der Waals surface area contributed by atoms with Crippen molar-refractivity contribution in [2.45, 2.75) is 38.6 Å². The summed E-state index contributed by atoms with van der Waals surface area (Å²) in [6.07, 6.45) is 7.05. The van der Waals surface area contributed by atoms with Crippen LogP contribution in [-0.4, -0.2) is 39.9 Å². The molecule has 0 aliphatic rings. The zero-order valence-corrected chi connectivity index (χ0v) is 22.7. The summed E-state index contributed by atoms with van der Waals surface area (Å²) in [6.45, 7) is 0.309. The van der Waals surface area contributed by atoms with Crippen LogP contribution in [0.1, 0.15) is 42.4 Å². The Labute approximate surface area is 240 Å². The standard InChI is InChI=1S/C32H30F3NO6/c33-24-17-22(32-26(18-24)23(5-3-8-29(37)38)19-36(32)20-30(39)40)12-9-21-10-13-25(14-11-21)41-15-1-2-16-42-28-7-4-6-27(34)31(28)35/h4,6-7,9-14,17-19H,1-3,5,8,15-16,20H2,(H,37,38)(H,39,40)/b12-9+. The molecule has 0 spiro atoms. The Balaban J connectivity index is 1.37. The van der Waals surface area contributed by atoms with E-state index in [4.69, 9.17) is 14.6 Å². The van der Waals surface area contributed by atoms with Gasteiger partial charge in [-0.15, -0.1) is 0 Å². The van der Waals surface area contributed by atoms with E-state index < -0.39 is 29.4 Å². The van der Waals surface area contributed by atoms with Crippen molar-refractivity contribution in [3.8, 4) is 11.5 Å². The van der Waals surface area contributed by atoms with Gasteiger partial charge in [0, 0.05) is 23.6 Å². The zero-order chi connectivity index (χ0) is 30.1. The predicted octanol–water partition coefficient (Wildman–Crippen LogP) is 6.96. The van der Waals surface area contributed by atoms with Crippen molar-refractivity contribution in [1.82, 2.24) is 4.57 Å². The van der Waals surface area contributed by atoms with Crippen LogP contribution in [0.2, 0.25) is 0 Å². The number of fused-ring (bicyclic) bond motifs is 1. The van der Waals surface area contributed by atoms with Gasteiger partial charge >= 0.3 is 11.9 Å². The second kappa shape index (κ2) is 14.2. The van der Waals surface area contributed by atoms with E-state index in [1.165, 1.54) is 24.3 Å². The molecule has 3 aromatic carbocycles. The Hall–Kier alpha value is -4.73. The van der Waals surface area contributed by atoms with Crippen molar-refractivity contribution in [2.75, 3.05) is 13.2 Å². The lowest BCUT2D eigenvalue weighted by Gasteiger charge is -2.09. The van der Waals surface area contributed by atoms with Gasteiger partial charge in [-0.05, 0) is 73.2 Å². The third kappa shape index (κ3) is 8.15. The van der Waals surface area contributed by atoms with Crippen LogP contribution in [0, 0.1) is 17.5 Å². The molecule has 0 aliphatic carbocycles. The molecule has 0 atom stereocenters. The van der Waals surface area contributed by atoms with E-state index in [0.717, 1.165) is 11.6 Å². The van der Waals surface area contributed by atoms with E-state index in [2.05, 4.69) is 0 Å². The molecule has 220 valence electrons. The normalized spacial score (nSPS) is 11.3. The highest BCUT2D eigenvalue weighted by Crippen LogP contribution is 2.29. The van der Waals surface area contributed by atoms with Gasteiger partial charge in [-0.2, -0.15) is 4.39 Å². The van der Waals surface area contributed by atoms with E-state index in [1.54, 1.807) is 35.0 Å². The third-order valence-corrected chi connectivity index (χ3v) is 6.51. The van der Waals surface area contributed by atoms with E-state index >= 15 is 0 Å². The Morgan fingerprint density at radius 2 is 1.60 bits per heavy atom. The highest BCUT2D eigenvalue weighted by molar-refractivity contribution is 5.94. The summed E-state index contributed by atoms with van der Waals surface area (Å²) < 4.78 is 54.0. The number of hydrogen-bond donors (Lipinski definition) is 2. The maximum atomic E-state index is 14.6. The fourth-order valence-electron chi connectivity index (χ4n) is 4.57. The number of halogens is 3. The quantitative estimate of drug-likeness (QED) is 0.116. The number of nitrogens with zero attached hydrogens (tertiary/aromatic N) is 1. The van der Waals surface area contributed by atoms with Crippen LogP contribution in [0.4, 0.5) is 13.2 Å². The summed E-state index contributed by atoms with van der Waals surface area (Å²) >= 11 is 0. The number of ether oxygens (including phenoxy) is 2. The molecule has 0 fully saturated rings. The fraction of sp³-hybridized carbons (Fsp3) is 0.250. The second-order valence-electron chi connectivity index (χ2n) is 9.67. The molecular weight excluding hydrogens is 551 g/mol. The lowest BCUT2D eigenvalue weighted by Crippen LogP contribution is -2.08. The van der Waals surface area contributed by atoms with Crippen LogP contribution in [0.25, 0.3) is 23.1 Å². The average molecular weight is 582 g/mol.